The second-order valence-corrected chi connectivity index (χ2v) is 7.53. The minimum Gasteiger partial charge on any atom is -0.497 e. The predicted molar refractivity (Wildman–Crippen MR) is 116 cm³/mol. The molecule has 0 aliphatic carbocycles. The molecule has 3 aromatic heterocycles. The fourth-order valence-electron chi connectivity index (χ4n) is 4.06. The van der Waals surface area contributed by atoms with Crippen LogP contribution in [0.15, 0.2) is 65.4 Å². The summed E-state index contributed by atoms with van der Waals surface area (Å²) in [6.07, 6.45) is 4.22. The van der Waals surface area contributed by atoms with E-state index in [1.54, 1.807) is 19.6 Å². The number of nitrogens with zero attached hydrogens (tertiary/aromatic N) is 4. The third-order valence-electron chi connectivity index (χ3n) is 5.58. The molecule has 5 rings (SSSR count). The second kappa shape index (κ2) is 8.14. The number of ether oxygens (including phenoxy) is 1. The van der Waals surface area contributed by atoms with Crippen LogP contribution in [-0.2, 0) is 6.54 Å². The molecule has 1 fully saturated rings. The molecule has 0 spiro atoms. The average molecular weight is 417 g/mol. The van der Waals surface area contributed by atoms with E-state index in [1.165, 1.54) is 0 Å². The average Bonchev–Trinajstić information content (AvgIpc) is 3.56. The predicted octanol–water partition coefficient (Wildman–Crippen LogP) is 3.86. The number of fused-ring (bicyclic) bond motifs is 1. The van der Waals surface area contributed by atoms with Gasteiger partial charge in [0.25, 0.3) is 0 Å². The van der Waals surface area contributed by atoms with Gasteiger partial charge in [0.1, 0.15) is 11.3 Å². The van der Waals surface area contributed by atoms with Crippen LogP contribution in [0.3, 0.4) is 0 Å². The molecule has 1 aliphatic heterocycles. The highest BCUT2D eigenvalue weighted by Gasteiger charge is 2.31. The molecular weight excluding hydrogens is 394 g/mol. The van der Waals surface area contributed by atoms with Crippen LogP contribution < -0.4 is 10.1 Å². The van der Waals surface area contributed by atoms with Gasteiger partial charge in [0.2, 0.25) is 0 Å². The second-order valence-electron chi connectivity index (χ2n) is 7.53. The van der Waals surface area contributed by atoms with Gasteiger partial charge in [-0.3, -0.25) is 0 Å². The number of likely N-dealkylation sites (tertiary alicyclic amines) is 1. The Morgan fingerprint density at radius 2 is 2.19 bits per heavy atom. The van der Waals surface area contributed by atoms with Crippen molar-refractivity contribution in [2.45, 2.75) is 19.0 Å². The van der Waals surface area contributed by atoms with E-state index in [0.717, 1.165) is 34.7 Å². The van der Waals surface area contributed by atoms with Crippen LogP contribution in [-0.4, -0.2) is 45.7 Å². The van der Waals surface area contributed by atoms with E-state index in [9.17, 15) is 4.79 Å². The van der Waals surface area contributed by atoms with Crippen molar-refractivity contribution in [3.8, 4) is 17.3 Å². The van der Waals surface area contributed by atoms with Gasteiger partial charge in [-0.2, -0.15) is 0 Å². The monoisotopic (exact) mass is 417 g/mol. The zero-order valence-electron chi connectivity index (χ0n) is 17.2. The van der Waals surface area contributed by atoms with E-state index < -0.39 is 0 Å². The number of nitrogens with one attached hydrogen (secondary N) is 1. The normalized spacial score (nSPS) is 16.0. The van der Waals surface area contributed by atoms with Gasteiger partial charge in [-0.15, -0.1) is 0 Å². The van der Waals surface area contributed by atoms with Crippen molar-refractivity contribution in [3.63, 3.8) is 0 Å². The van der Waals surface area contributed by atoms with E-state index in [-0.39, 0.29) is 12.1 Å². The standard InChI is InChI=1S/C23H23N5O3/c1-30-18-6-2-5-16(13-18)14-25-23(29)27-11-9-17(15-27)28-21-19(7-3-10-24-21)26-22(28)20-8-4-12-31-20/h2-8,10,12-13,17H,9,11,14-15H2,1H3,(H,25,29)/t17-/m0/s1. The summed E-state index contributed by atoms with van der Waals surface area (Å²) in [5.41, 5.74) is 2.61. The number of amides is 2. The largest absolute Gasteiger partial charge is 0.497 e. The summed E-state index contributed by atoms with van der Waals surface area (Å²) in [4.78, 5) is 23.9. The van der Waals surface area contributed by atoms with Crippen LogP contribution in [0.25, 0.3) is 22.7 Å². The van der Waals surface area contributed by atoms with E-state index in [0.29, 0.717) is 25.4 Å². The first kappa shape index (κ1) is 19.2. The molecule has 1 saturated heterocycles. The first-order chi connectivity index (χ1) is 15.2. The van der Waals surface area contributed by atoms with Gasteiger partial charge < -0.3 is 23.9 Å². The van der Waals surface area contributed by atoms with Gasteiger partial charge in [-0.25, -0.2) is 14.8 Å². The molecule has 8 nitrogen and oxygen atoms in total. The lowest BCUT2D eigenvalue weighted by molar-refractivity contribution is 0.206. The maximum Gasteiger partial charge on any atom is 0.317 e. The van der Waals surface area contributed by atoms with Crippen molar-refractivity contribution in [1.82, 2.24) is 24.8 Å². The summed E-state index contributed by atoms with van der Waals surface area (Å²) < 4.78 is 13.0. The van der Waals surface area contributed by atoms with Gasteiger partial charge in [0.15, 0.2) is 17.2 Å². The van der Waals surface area contributed by atoms with E-state index in [1.807, 2.05) is 53.4 Å². The zero-order valence-corrected chi connectivity index (χ0v) is 17.2. The Hall–Kier alpha value is -3.81. The minimum atomic E-state index is -0.0813. The van der Waals surface area contributed by atoms with Crippen molar-refractivity contribution >= 4 is 17.2 Å². The van der Waals surface area contributed by atoms with Crippen molar-refractivity contribution in [2.75, 3.05) is 20.2 Å². The number of hydrogen-bond donors (Lipinski definition) is 1. The fourth-order valence-corrected chi connectivity index (χ4v) is 4.06. The molecule has 1 atom stereocenters. The number of carbonyl (C=O) groups is 1. The number of furan rings is 1. The minimum absolute atomic E-state index is 0.0718. The van der Waals surface area contributed by atoms with E-state index >= 15 is 0 Å². The molecule has 158 valence electrons. The molecule has 8 heteroatoms. The lowest BCUT2D eigenvalue weighted by atomic mass is 10.2. The molecule has 2 amide bonds. The number of pyridine rings is 1. The topological polar surface area (TPSA) is 85.4 Å². The number of imidazole rings is 1. The number of carbonyl (C=O) groups excluding carboxylic acids is 1. The van der Waals surface area contributed by atoms with Crippen LogP contribution in [0.1, 0.15) is 18.0 Å². The zero-order chi connectivity index (χ0) is 21.2. The highest BCUT2D eigenvalue weighted by atomic mass is 16.5. The lowest BCUT2D eigenvalue weighted by Gasteiger charge is -2.19. The van der Waals surface area contributed by atoms with Crippen LogP contribution in [0.4, 0.5) is 4.79 Å². The van der Waals surface area contributed by atoms with Crippen molar-refractivity contribution in [1.29, 1.82) is 0 Å². The Balaban J connectivity index is 1.33. The molecule has 0 unspecified atom stereocenters. The highest BCUT2D eigenvalue weighted by molar-refractivity contribution is 5.77. The summed E-state index contributed by atoms with van der Waals surface area (Å²) in [5.74, 6) is 2.21. The first-order valence-corrected chi connectivity index (χ1v) is 10.3. The molecule has 1 N–H and O–H groups in total. The number of benzene rings is 1. The number of rotatable bonds is 5. The first-order valence-electron chi connectivity index (χ1n) is 10.3. The van der Waals surface area contributed by atoms with Crippen LogP contribution in [0, 0.1) is 0 Å². The van der Waals surface area contributed by atoms with Crippen molar-refractivity contribution in [3.05, 3.63) is 66.6 Å². The molecule has 0 radical (unpaired) electrons. The molecule has 1 aliphatic rings. The SMILES string of the molecule is COc1cccc(CNC(=O)N2CC[C@H](n3c(-c4ccco4)nc4cccnc43)C2)c1. The Morgan fingerprint density at radius 3 is 3.03 bits per heavy atom. The lowest BCUT2D eigenvalue weighted by Crippen LogP contribution is -2.38. The Kier molecular flexibility index (Phi) is 5.03. The smallest absolute Gasteiger partial charge is 0.317 e. The summed E-state index contributed by atoms with van der Waals surface area (Å²) in [7, 11) is 1.63. The Bertz CT molecular complexity index is 1200. The number of aromatic nitrogens is 3. The molecule has 0 saturated carbocycles. The van der Waals surface area contributed by atoms with Gasteiger partial charge >= 0.3 is 6.03 Å². The molecule has 31 heavy (non-hydrogen) atoms. The molecule has 4 heterocycles. The van der Waals surface area contributed by atoms with Crippen LogP contribution in [0.2, 0.25) is 0 Å². The van der Waals surface area contributed by atoms with E-state index in [4.69, 9.17) is 14.1 Å². The van der Waals surface area contributed by atoms with Crippen molar-refractivity contribution in [2.24, 2.45) is 0 Å². The third kappa shape index (κ3) is 3.72. The van der Waals surface area contributed by atoms with Gasteiger partial charge in [-0.1, -0.05) is 12.1 Å². The maximum absolute atomic E-state index is 12.8. The van der Waals surface area contributed by atoms with Crippen LogP contribution >= 0.6 is 0 Å². The molecule has 0 bridgehead atoms. The van der Waals surface area contributed by atoms with Crippen molar-refractivity contribution < 1.29 is 13.9 Å². The summed E-state index contributed by atoms with van der Waals surface area (Å²) in [6, 6.07) is 15.2. The molecule has 1 aromatic carbocycles. The molecule has 4 aromatic rings. The van der Waals surface area contributed by atoms with Gasteiger partial charge in [0, 0.05) is 25.8 Å². The van der Waals surface area contributed by atoms with Gasteiger partial charge in [-0.05, 0) is 48.4 Å². The number of hydrogen-bond acceptors (Lipinski definition) is 5. The van der Waals surface area contributed by atoms with Gasteiger partial charge in [0.05, 0.1) is 19.4 Å². The quantitative estimate of drug-likeness (QED) is 0.533. The Morgan fingerprint density at radius 1 is 1.26 bits per heavy atom. The summed E-state index contributed by atoms with van der Waals surface area (Å²) in [5, 5.41) is 3.01. The van der Waals surface area contributed by atoms with Crippen LogP contribution in [0.5, 0.6) is 5.75 Å². The third-order valence-corrected chi connectivity index (χ3v) is 5.58. The summed E-state index contributed by atoms with van der Waals surface area (Å²) >= 11 is 0. The highest BCUT2D eigenvalue weighted by Crippen LogP contribution is 2.32. The number of methoxy groups -OCH3 is 1. The maximum atomic E-state index is 12.8. The molecular formula is C23H23N5O3. The summed E-state index contributed by atoms with van der Waals surface area (Å²) in [6.45, 7) is 1.70. The van der Waals surface area contributed by atoms with E-state index in [2.05, 4.69) is 14.9 Å². The Labute approximate surface area is 179 Å². The fraction of sp³-hybridized carbons (Fsp3) is 0.261. The number of urea groups is 1.